The van der Waals surface area contributed by atoms with Crippen molar-refractivity contribution in [3.8, 4) is 0 Å². The molecule has 0 aliphatic heterocycles. The first-order valence-corrected chi connectivity index (χ1v) is 3.12. The fourth-order valence-corrected chi connectivity index (χ4v) is 0.329. The fraction of sp³-hybridized carbons (Fsp3) is 0.500. The maximum absolute atomic E-state index is 10.3. The number of carbonyl (C=O) groups excluding carboxylic acids is 1. The summed E-state index contributed by atoms with van der Waals surface area (Å²) in [5, 5.41) is 0. The number of carbonyl (C=O) groups is 1. The van der Waals surface area contributed by atoms with E-state index in [-0.39, 0.29) is 18.3 Å². The molecule has 0 N–H and O–H groups in total. The Morgan fingerprint density at radius 3 is 2.67 bits per heavy atom. The monoisotopic (exact) mass is 145 g/mol. The first-order chi connectivity index (χ1) is 4.16. The second-order valence-electron chi connectivity index (χ2n) is 1.76. The highest BCUT2D eigenvalue weighted by Gasteiger charge is 1.96. The van der Waals surface area contributed by atoms with Gasteiger partial charge in [-0.3, -0.25) is 4.79 Å². The normalized spacial score (nSPS) is 8.67. The topological polar surface area (TPSA) is 26.3 Å². The van der Waals surface area contributed by atoms with Gasteiger partial charge in [0, 0.05) is 0 Å². The largest absolute Gasteiger partial charge is 0.461 e. The summed E-state index contributed by atoms with van der Waals surface area (Å²) < 4.78 is 4.61. The van der Waals surface area contributed by atoms with Gasteiger partial charge in [0.15, 0.2) is 0 Å². The third-order valence-electron chi connectivity index (χ3n) is 0.597. The molecule has 51 valence electrons. The van der Waals surface area contributed by atoms with Crippen molar-refractivity contribution in [1.29, 1.82) is 0 Å². The zero-order chi connectivity index (χ0) is 7.28. The minimum Gasteiger partial charge on any atom is -0.461 e. The molecule has 0 bridgehead atoms. The molecule has 0 aromatic carbocycles. The molecule has 0 amide bonds. The van der Waals surface area contributed by atoms with Gasteiger partial charge in [-0.15, -0.1) is 0 Å². The van der Waals surface area contributed by atoms with Gasteiger partial charge in [-0.25, -0.2) is 0 Å². The minimum atomic E-state index is -0.354. The van der Waals surface area contributed by atoms with Gasteiger partial charge in [-0.1, -0.05) is 19.2 Å². The molecule has 9 heavy (non-hydrogen) atoms. The molecule has 0 aliphatic carbocycles. The van der Waals surface area contributed by atoms with Crippen LogP contribution in [0.15, 0.2) is 12.2 Å². The van der Waals surface area contributed by atoms with E-state index in [9.17, 15) is 4.79 Å². The molecule has 0 saturated heterocycles. The number of esters is 1. The predicted molar refractivity (Wildman–Crippen MR) is 38.2 cm³/mol. The molecular weight excluding hydrogens is 136 g/mol. The Balaban J connectivity index is 3.28. The molecule has 2 nitrogen and oxygen atoms in total. The summed E-state index contributed by atoms with van der Waals surface area (Å²) in [5.74, 6) is -0.333. The summed E-state index contributed by atoms with van der Waals surface area (Å²) in [6.07, 6.45) is 0. The molecule has 0 rings (SSSR count). The van der Waals surface area contributed by atoms with Gasteiger partial charge in [-0.05, 0) is 12.5 Å². The molecule has 1 radical (unpaired) electrons. The van der Waals surface area contributed by atoms with Crippen LogP contribution in [0.3, 0.4) is 0 Å². The Morgan fingerprint density at radius 1 is 1.78 bits per heavy atom. The highest BCUT2D eigenvalue weighted by molar-refractivity contribution is 7.81. The van der Waals surface area contributed by atoms with Crippen molar-refractivity contribution in [3.05, 3.63) is 12.2 Å². The van der Waals surface area contributed by atoms with Crippen molar-refractivity contribution in [2.75, 3.05) is 12.4 Å². The lowest BCUT2D eigenvalue weighted by Crippen LogP contribution is -2.06. The number of hydrogen-bond donors (Lipinski definition) is 0. The van der Waals surface area contributed by atoms with Gasteiger partial charge >= 0.3 is 5.97 Å². The molecule has 0 atom stereocenters. The fourth-order valence-electron chi connectivity index (χ4n) is 0.245. The highest BCUT2D eigenvalue weighted by atomic mass is 32.1. The zero-order valence-corrected chi connectivity index (χ0v) is 6.16. The van der Waals surface area contributed by atoms with Gasteiger partial charge in [0.25, 0.3) is 0 Å². The Morgan fingerprint density at radius 2 is 2.33 bits per heavy atom. The van der Waals surface area contributed by atoms with Crippen LogP contribution in [-0.4, -0.2) is 18.3 Å². The van der Waals surface area contributed by atoms with Crippen LogP contribution < -0.4 is 0 Å². The standard InChI is InChI=1S/C6H9O2S/c1-5(2)3-8-6(7)4-9/h1,3-4H2,2H3. The van der Waals surface area contributed by atoms with Crippen LogP contribution in [0.1, 0.15) is 6.92 Å². The van der Waals surface area contributed by atoms with Crippen LogP contribution in [0, 0.1) is 0 Å². The highest BCUT2D eigenvalue weighted by Crippen LogP contribution is 1.89. The molecule has 0 aromatic heterocycles. The van der Waals surface area contributed by atoms with E-state index in [0.29, 0.717) is 0 Å². The minimum absolute atomic E-state index is 0.0211. The second kappa shape index (κ2) is 4.44. The predicted octanol–water partition coefficient (Wildman–Crippen LogP) is 1.30. The molecular formula is C6H9O2S. The second-order valence-corrected chi connectivity index (χ2v) is 2.05. The lowest BCUT2D eigenvalue weighted by Gasteiger charge is -1.99. The third-order valence-corrected chi connectivity index (χ3v) is 0.833. The van der Waals surface area contributed by atoms with E-state index >= 15 is 0 Å². The molecule has 0 aromatic rings. The van der Waals surface area contributed by atoms with E-state index in [1.54, 1.807) is 6.92 Å². The summed E-state index contributed by atoms with van der Waals surface area (Å²) in [7, 11) is 0. The summed E-state index contributed by atoms with van der Waals surface area (Å²) >= 11 is 4.42. The number of ether oxygens (including phenoxy) is 1. The van der Waals surface area contributed by atoms with E-state index in [1.165, 1.54) is 0 Å². The summed E-state index contributed by atoms with van der Waals surface area (Å²) in [4.78, 5) is 10.3. The Bertz CT molecular complexity index is 120. The van der Waals surface area contributed by atoms with Crippen LogP contribution in [0.25, 0.3) is 0 Å². The maximum Gasteiger partial charge on any atom is 0.317 e. The summed E-state index contributed by atoms with van der Waals surface area (Å²) in [5.41, 5.74) is 0.826. The quantitative estimate of drug-likeness (QED) is 0.442. The molecule has 0 saturated carbocycles. The molecule has 0 fully saturated rings. The van der Waals surface area contributed by atoms with E-state index < -0.39 is 0 Å². The average molecular weight is 145 g/mol. The first kappa shape index (κ1) is 8.56. The van der Waals surface area contributed by atoms with Gasteiger partial charge in [0.1, 0.15) is 12.4 Å². The Labute approximate surface area is 60.3 Å². The van der Waals surface area contributed by atoms with Crippen molar-refractivity contribution in [2.24, 2.45) is 0 Å². The smallest absolute Gasteiger partial charge is 0.317 e. The molecule has 0 aliphatic rings. The Kier molecular flexibility index (Phi) is 4.22. The maximum atomic E-state index is 10.3. The van der Waals surface area contributed by atoms with Gasteiger partial charge in [-0.2, -0.15) is 0 Å². The molecule has 3 heteroatoms. The van der Waals surface area contributed by atoms with Crippen LogP contribution in [0.5, 0.6) is 0 Å². The lowest BCUT2D eigenvalue weighted by atomic mass is 10.4. The summed E-state index contributed by atoms with van der Waals surface area (Å²) in [6, 6.07) is 0. The van der Waals surface area contributed by atoms with Gasteiger partial charge in [0.05, 0.1) is 0 Å². The van der Waals surface area contributed by atoms with Crippen LogP contribution in [0.2, 0.25) is 0 Å². The van der Waals surface area contributed by atoms with Crippen molar-refractivity contribution in [1.82, 2.24) is 0 Å². The van der Waals surface area contributed by atoms with E-state index in [2.05, 4.69) is 23.9 Å². The number of hydrogen-bond acceptors (Lipinski definition) is 2. The summed E-state index contributed by atoms with van der Waals surface area (Å²) in [6.45, 7) is 5.63. The molecule has 0 spiro atoms. The van der Waals surface area contributed by atoms with E-state index in [0.717, 1.165) is 5.57 Å². The Hall–Kier alpha value is -0.440. The first-order valence-electron chi connectivity index (χ1n) is 2.55. The SMILES string of the molecule is C=C(C)COC(=O)C[S]. The average Bonchev–Trinajstić information content (AvgIpc) is 1.83. The van der Waals surface area contributed by atoms with Crippen molar-refractivity contribution in [2.45, 2.75) is 6.92 Å². The van der Waals surface area contributed by atoms with Crippen LogP contribution in [0.4, 0.5) is 0 Å². The molecule has 0 unspecified atom stereocenters. The van der Waals surface area contributed by atoms with E-state index in [4.69, 9.17) is 0 Å². The van der Waals surface area contributed by atoms with Crippen molar-refractivity contribution >= 4 is 18.6 Å². The van der Waals surface area contributed by atoms with Gasteiger partial charge < -0.3 is 4.74 Å². The third kappa shape index (κ3) is 5.43. The van der Waals surface area contributed by atoms with Gasteiger partial charge in [0.2, 0.25) is 0 Å². The van der Waals surface area contributed by atoms with E-state index in [1.807, 2.05) is 0 Å². The molecule has 0 heterocycles. The van der Waals surface area contributed by atoms with Crippen molar-refractivity contribution < 1.29 is 9.53 Å². The van der Waals surface area contributed by atoms with Crippen molar-refractivity contribution in [3.63, 3.8) is 0 Å². The number of rotatable bonds is 3. The van der Waals surface area contributed by atoms with Crippen LogP contribution in [-0.2, 0) is 9.53 Å². The lowest BCUT2D eigenvalue weighted by molar-refractivity contribution is -0.139. The van der Waals surface area contributed by atoms with Crippen LogP contribution >= 0.6 is 12.6 Å². The zero-order valence-electron chi connectivity index (χ0n) is 5.35.